The zero-order valence-electron chi connectivity index (χ0n) is 8.99. The molecule has 0 aromatic heterocycles. The Morgan fingerprint density at radius 2 is 2.12 bits per heavy atom. The van der Waals surface area contributed by atoms with Gasteiger partial charge in [-0.15, -0.1) is 0 Å². The number of hydrogen-bond acceptors (Lipinski definition) is 3. The topological polar surface area (TPSA) is 55.2 Å². The summed E-state index contributed by atoms with van der Waals surface area (Å²) in [5.41, 5.74) is 0.312. The van der Waals surface area contributed by atoms with Crippen molar-refractivity contribution >= 4 is 5.69 Å². The molecule has 1 N–H and O–H groups in total. The Kier molecular flexibility index (Phi) is 4.06. The maximum absolute atomic E-state index is 12.0. The maximum atomic E-state index is 12.0. The van der Waals surface area contributed by atoms with E-state index in [1.807, 2.05) is 0 Å². The van der Waals surface area contributed by atoms with Gasteiger partial charge < -0.3 is 5.32 Å². The summed E-state index contributed by atoms with van der Waals surface area (Å²) < 4.78 is 35.9. The second-order valence-electron chi connectivity index (χ2n) is 3.57. The average molecular weight is 248 g/mol. The highest BCUT2D eigenvalue weighted by Crippen LogP contribution is 2.20. The number of non-ortho nitro benzene ring substituents is 1. The molecule has 0 radical (unpaired) electrons. The van der Waals surface area contributed by atoms with Crippen molar-refractivity contribution < 1.29 is 18.1 Å². The van der Waals surface area contributed by atoms with Gasteiger partial charge >= 0.3 is 6.18 Å². The lowest BCUT2D eigenvalue weighted by molar-refractivity contribution is -0.384. The molecule has 1 rings (SSSR count). The molecule has 0 aliphatic rings. The molecule has 0 saturated carbocycles. The third-order valence-electron chi connectivity index (χ3n) is 2.19. The number of alkyl halides is 3. The number of nitrogens with one attached hydrogen (secondary N) is 1. The SMILES string of the molecule is CC(NCC(F)(F)F)c1cccc([N+](=O)[O-])c1. The summed E-state index contributed by atoms with van der Waals surface area (Å²) >= 11 is 0. The molecule has 0 spiro atoms. The first-order chi connectivity index (χ1) is 7.79. The summed E-state index contributed by atoms with van der Waals surface area (Å²) in [5.74, 6) is 0. The Labute approximate surface area is 95.6 Å². The highest BCUT2D eigenvalue weighted by Gasteiger charge is 2.27. The number of nitro benzene ring substituents is 1. The van der Waals surface area contributed by atoms with E-state index in [2.05, 4.69) is 5.32 Å². The molecule has 0 fully saturated rings. The average Bonchev–Trinajstić information content (AvgIpc) is 2.25. The van der Waals surface area contributed by atoms with E-state index >= 15 is 0 Å². The molecule has 0 amide bonds. The van der Waals surface area contributed by atoms with E-state index in [1.54, 1.807) is 6.07 Å². The van der Waals surface area contributed by atoms with Crippen LogP contribution in [0.4, 0.5) is 18.9 Å². The van der Waals surface area contributed by atoms with Crippen LogP contribution in [-0.4, -0.2) is 17.6 Å². The fraction of sp³-hybridized carbons (Fsp3) is 0.400. The monoisotopic (exact) mass is 248 g/mol. The van der Waals surface area contributed by atoms with Crippen molar-refractivity contribution in [3.05, 3.63) is 39.9 Å². The van der Waals surface area contributed by atoms with E-state index < -0.39 is 23.7 Å². The molecule has 4 nitrogen and oxygen atoms in total. The predicted molar refractivity (Wildman–Crippen MR) is 55.6 cm³/mol. The van der Waals surface area contributed by atoms with Gasteiger partial charge in [0, 0.05) is 18.2 Å². The lowest BCUT2D eigenvalue weighted by Crippen LogP contribution is -2.30. The molecule has 7 heteroatoms. The summed E-state index contributed by atoms with van der Waals surface area (Å²) in [4.78, 5) is 9.91. The van der Waals surface area contributed by atoms with Gasteiger partial charge in [-0.3, -0.25) is 10.1 Å². The van der Waals surface area contributed by atoms with E-state index in [0.29, 0.717) is 5.56 Å². The molecule has 0 saturated heterocycles. The van der Waals surface area contributed by atoms with E-state index in [-0.39, 0.29) is 5.69 Å². The van der Waals surface area contributed by atoms with Crippen molar-refractivity contribution in [2.24, 2.45) is 0 Å². The highest BCUT2D eigenvalue weighted by atomic mass is 19.4. The van der Waals surface area contributed by atoms with Crippen LogP contribution in [0.5, 0.6) is 0 Å². The summed E-state index contributed by atoms with van der Waals surface area (Å²) in [6.07, 6.45) is -4.30. The van der Waals surface area contributed by atoms with Crippen LogP contribution >= 0.6 is 0 Å². The zero-order chi connectivity index (χ0) is 13.1. The molecule has 0 bridgehead atoms. The number of hydrogen-bond donors (Lipinski definition) is 1. The van der Waals surface area contributed by atoms with Crippen LogP contribution in [0.1, 0.15) is 18.5 Å². The Morgan fingerprint density at radius 3 is 2.65 bits per heavy atom. The zero-order valence-corrected chi connectivity index (χ0v) is 8.99. The van der Waals surface area contributed by atoms with Crippen molar-refractivity contribution in [2.75, 3.05) is 6.54 Å². The van der Waals surface area contributed by atoms with Gasteiger partial charge in [0.05, 0.1) is 11.5 Å². The molecule has 94 valence electrons. The molecule has 0 aliphatic carbocycles. The molecule has 1 unspecified atom stereocenters. The lowest BCUT2D eigenvalue weighted by atomic mass is 10.1. The van der Waals surface area contributed by atoms with Crippen LogP contribution in [-0.2, 0) is 0 Å². The fourth-order valence-corrected chi connectivity index (χ4v) is 1.29. The standard InChI is InChI=1S/C10H11F3N2O2/c1-7(14-6-10(11,12)13)8-3-2-4-9(5-8)15(16)17/h2-5,7,14H,6H2,1H3. The van der Waals surface area contributed by atoms with Crippen molar-refractivity contribution in [2.45, 2.75) is 19.1 Å². The summed E-state index contributed by atoms with van der Waals surface area (Å²) in [6, 6.07) is 4.94. The van der Waals surface area contributed by atoms with Gasteiger partial charge in [-0.05, 0) is 12.5 Å². The van der Waals surface area contributed by atoms with Gasteiger partial charge in [0.2, 0.25) is 0 Å². The lowest BCUT2D eigenvalue weighted by Gasteiger charge is -2.15. The van der Waals surface area contributed by atoms with Crippen LogP contribution in [0.2, 0.25) is 0 Å². The minimum Gasteiger partial charge on any atom is -0.302 e. The van der Waals surface area contributed by atoms with Crippen LogP contribution < -0.4 is 5.32 Å². The first-order valence-electron chi connectivity index (χ1n) is 4.84. The molecule has 0 aliphatic heterocycles. The number of nitro groups is 1. The molecule has 1 aromatic carbocycles. The second kappa shape index (κ2) is 5.13. The molecule has 0 heterocycles. The van der Waals surface area contributed by atoms with Gasteiger partial charge in [0.1, 0.15) is 0 Å². The predicted octanol–water partition coefficient (Wildman–Crippen LogP) is 2.81. The Morgan fingerprint density at radius 1 is 1.47 bits per heavy atom. The van der Waals surface area contributed by atoms with Crippen LogP contribution in [0.25, 0.3) is 0 Å². The van der Waals surface area contributed by atoms with Crippen LogP contribution in [0, 0.1) is 10.1 Å². The highest BCUT2D eigenvalue weighted by molar-refractivity contribution is 5.35. The third-order valence-corrected chi connectivity index (χ3v) is 2.19. The number of nitrogens with zero attached hydrogens (tertiary/aromatic N) is 1. The number of halogens is 3. The van der Waals surface area contributed by atoms with Gasteiger partial charge in [-0.2, -0.15) is 13.2 Å². The largest absolute Gasteiger partial charge is 0.401 e. The quantitative estimate of drug-likeness (QED) is 0.658. The van der Waals surface area contributed by atoms with E-state index in [1.165, 1.54) is 25.1 Å². The summed E-state index contributed by atoms with van der Waals surface area (Å²) in [5, 5.41) is 12.8. The molecular formula is C10H11F3N2O2. The minimum atomic E-state index is -4.30. The van der Waals surface area contributed by atoms with Crippen LogP contribution in [0.15, 0.2) is 24.3 Å². The van der Waals surface area contributed by atoms with E-state index in [0.717, 1.165) is 0 Å². The number of rotatable bonds is 4. The smallest absolute Gasteiger partial charge is 0.302 e. The van der Waals surface area contributed by atoms with Gasteiger partial charge in [-0.1, -0.05) is 12.1 Å². The van der Waals surface area contributed by atoms with Crippen molar-refractivity contribution in [1.82, 2.24) is 5.32 Å². The maximum Gasteiger partial charge on any atom is 0.401 e. The Bertz CT molecular complexity index is 407. The van der Waals surface area contributed by atoms with Crippen LogP contribution in [0.3, 0.4) is 0 Å². The van der Waals surface area contributed by atoms with Crippen molar-refractivity contribution in [3.63, 3.8) is 0 Å². The molecular weight excluding hydrogens is 237 g/mol. The number of benzene rings is 1. The molecule has 1 aromatic rings. The first-order valence-corrected chi connectivity index (χ1v) is 4.84. The van der Waals surface area contributed by atoms with Crippen molar-refractivity contribution in [1.29, 1.82) is 0 Å². The van der Waals surface area contributed by atoms with E-state index in [4.69, 9.17) is 0 Å². The van der Waals surface area contributed by atoms with Gasteiger partial charge in [-0.25, -0.2) is 0 Å². The van der Waals surface area contributed by atoms with Gasteiger partial charge in [0.25, 0.3) is 5.69 Å². The minimum absolute atomic E-state index is 0.136. The molecule has 17 heavy (non-hydrogen) atoms. The first kappa shape index (κ1) is 13.4. The summed E-state index contributed by atoms with van der Waals surface area (Å²) in [6.45, 7) is 0.391. The normalized spacial score (nSPS) is 13.4. The third kappa shape index (κ3) is 4.39. The Balaban J connectivity index is 2.72. The Hall–Kier alpha value is -1.63. The summed E-state index contributed by atoms with van der Waals surface area (Å²) in [7, 11) is 0. The molecule has 1 atom stereocenters. The van der Waals surface area contributed by atoms with E-state index in [9.17, 15) is 23.3 Å². The van der Waals surface area contributed by atoms with Gasteiger partial charge in [0.15, 0.2) is 0 Å². The fourth-order valence-electron chi connectivity index (χ4n) is 1.29. The second-order valence-corrected chi connectivity index (χ2v) is 3.57. The van der Waals surface area contributed by atoms with Crippen molar-refractivity contribution in [3.8, 4) is 0 Å².